The van der Waals surface area contributed by atoms with E-state index in [1.165, 1.54) is 0 Å². The number of aryl methyl sites for hydroxylation is 1. The standard InChI is InChI=1S/C10H10BrNO/c11-10-4-3-8(2-1-5-12)9(6-10)7-13/h3-4,6,13H,1-2,7H2. The Kier molecular flexibility index (Phi) is 3.94. The molecule has 68 valence electrons. The molecule has 0 fully saturated rings. The molecule has 0 aliphatic rings. The summed E-state index contributed by atoms with van der Waals surface area (Å²) in [6, 6.07) is 7.83. The molecule has 1 aromatic rings. The lowest BCUT2D eigenvalue weighted by atomic mass is 10.0. The minimum atomic E-state index is 0.0280. The highest BCUT2D eigenvalue weighted by Crippen LogP contribution is 2.17. The number of aliphatic hydroxyl groups is 1. The average Bonchev–Trinajstić information content (AvgIpc) is 2.16. The number of rotatable bonds is 3. The summed E-state index contributed by atoms with van der Waals surface area (Å²) in [5.41, 5.74) is 1.94. The smallest absolute Gasteiger partial charge is 0.0684 e. The summed E-state index contributed by atoms with van der Waals surface area (Å²) in [5.74, 6) is 0. The Morgan fingerprint density at radius 1 is 1.38 bits per heavy atom. The van der Waals surface area contributed by atoms with Crippen LogP contribution in [0, 0.1) is 11.3 Å². The van der Waals surface area contributed by atoms with Crippen LogP contribution in [0.1, 0.15) is 17.5 Å². The van der Waals surface area contributed by atoms with Crippen LogP contribution in [0.3, 0.4) is 0 Å². The van der Waals surface area contributed by atoms with Crippen molar-refractivity contribution in [2.24, 2.45) is 0 Å². The summed E-state index contributed by atoms with van der Waals surface area (Å²) in [4.78, 5) is 0. The summed E-state index contributed by atoms with van der Waals surface area (Å²) < 4.78 is 0.956. The molecule has 0 radical (unpaired) electrons. The highest BCUT2D eigenvalue weighted by Gasteiger charge is 2.01. The van der Waals surface area contributed by atoms with Crippen molar-refractivity contribution < 1.29 is 5.11 Å². The van der Waals surface area contributed by atoms with E-state index in [4.69, 9.17) is 10.4 Å². The zero-order valence-electron chi connectivity index (χ0n) is 7.13. The van der Waals surface area contributed by atoms with Gasteiger partial charge in [0, 0.05) is 10.9 Å². The quantitative estimate of drug-likeness (QED) is 0.881. The molecule has 1 rings (SSSR count). The van der Waals surface area contributed by atoms with Crippen molar-refractivity contribution in [3.63, 3.8) is 0 Å². The van der Waals surface area contributed by atoms with Crippen LogP contribution in [0.25, 0.3) is 0 Å². The minimum Gasteiger partial charge on any atom is -0.392 e. The monoisotopic (exact) mass is 239 g/mol. The fourth-order valence-corrected chi connectivity index (χ4v) is 1.58. The molecule has 1 N–H and O–H groups in total. The van der Waals surface area contributed by atoms with E-state index < -0.39 is 0 Å². The first-order chi connectivity index (χ1) is 6.27. The third-order valence-corrected chi connectivity index (χ3v) is 2.34. The zero-order chi connectivity index (χ0) is 9.68. The molecule has 13 heavy (non-hydrogen) atoms. The number of benzene rings is 1. The Hall–Kier alpha value is -0.850. The maximum Gasteiger partial charge on any atom is 0.0684 e. The maximum absolute atomic E-state index is 9.04. The van der Waals surface area contributed by atoms with Gasteiger partial charge in [0.05, 0.1) is 12.7 Å². The van der Waals surface area contributed by atoms with Crippen molar-refractivity contribution in [2.45, 2.75) is 19.4 Å². The highest BCUT2D eigenvalue weighted by atomic mass is 79.9. The summed E-state index contributed by atoms with van der Waals surface area (Å²) in [6.07, 6.45) is 1.20. The Morgan fingerprint density at radius 3 is 2.77 bits per heavy atom. The number of hydrogen-bond donors (Lipinski definition) is 1. The third kappa shape index (κ3) is 2.83. The van der Waals surface area contributed by atoms with Gasteiger partial charge in [0.25, 0.3) is 0 Å². The molecule has 0 saturated carbocycles. The van der Waals surface area contributed by atoms with Gasteiger partial charge in [-0.25, -0.2) is 0 Å². The van der Waals surface area contributed by atoms with E-state index in [0.717, 1.165) is 15.6 Å². The molecule has 0 atom stereocenters. The van der Waals surface area contributed by atoms with Crippen LogP contribution in [0.2, 0.25) is 0 Å². The van der Waals surface area contributed by atoms with E-state index in [-0.39, 0.29) is 6.61 Å². The van der Waals surface area contributed by atoms with Crippen molar-refractivity contribution in [3.05, 3.63) is 33.8 Å². The molecule has 1 aromatic carbocycles. The van der Waals surface area contributed by atoms with Crippen LogP contribution in [0.5, 0.6) is 0 Å². The summed E-state index contributed by atoms with van der Waals surface area (Å²) in [5, 5.41) is 17.5. The van der Waals surface area contributed by atoms with Crippen molar-refractivity contribution in [1.29, 1.82) is 5.26 Å². The van der Waals surface area contributed by atoms with Gasteiger partial charge in [-0.1, -0.05) is 22.0 Å². The van der Waals surface area contributed by atoms with Gasteiger partial charge in [-0.2, -0.15) is 5.26 Å². The first-order valence-corrected chi connectivity index (χ1v) is 4.82. The molecule has 0 aliphatic heterocycles. The Balaban J connectivity index is 2.87. The van der Waals surface area contributed by atoms with Crippen LogP contribution in [0.4, 0.5) is 0 Å². The van der Waals surface area contributed by atoms with Gasteiger partial charge in [-0.15, -0.1) is 0 Å². The van der Waals surface area contributed by atoms with Crippen molar-refractivity contribution in [2.75, 3.05) is 0 Å². The minimum absolute atomic E-state index is 0.0280. The van der Waals surface area contributed by atoms with Crippen LogP contribution >= 0.6 is 15.9 Å². The van der Waals surface area contributed by atoms with Gasteiger partial charge in [0.2, 0.25) is 0 Å². The molecule has 0 saturated heterocycles. The molecule has 2 nitrogen and oxygen atoms in total. The largest absolute Gasteiger partial charge is 0.392 e. The third-order valence-electron chi connectivity index (χ3n) is 1.84. The lowest BCUT2D eigenvalue weighted by Gasteiger charge is -2.05. The first kappa shape index (κ1) is 10.2. The molecular weight excluding hydrogens is 230 g/mol. The number of halogens is 1. The highest BCUT2D eigenvalue weighted by molar-refractivity contribution is 9.10. The Bertz CT molecular complexity index is 330. The molecule has 0 unspecified atom stereocenters. The fraction of sp³-hybridized carbons (Fsp3) is 0.300. The van der Waals surface area contributed by atoms with Gasteiger partial charge in [0.1, 0.15) is 0 Å². The SMILES string of the molecule is N#CCCc1ccc(Br)cc1CO. The molecule has 0 amide bonds. The van der Waals surface area contributed by atoms with Crippen LogP contribution in [-0.4, -0.2) is 5.11 Å². The van der Waals surface area contributed by atoms with Gasteiger partial charge >= 0.3 is 0 Å². The Morgan fingerprint density at radius 2 is 2.15 bits per heavy atom. The van der Waals surface area contributed by atoms with Crippen LogP contribution < -0.4 is 0 Å². The molecular formula is C10H10BrNO. The number of aliphatic hydroxyl groups excluding tert-OH is 1. The van der Waals surface area contributed by atoms with Gasteiger partial charge in [-0.3, -0.25) is 0 Å². The lowest BCUT2D eigenvalue weighted by molar-refractivity contribution is 0.280. The van der Waals surface area contributed by atoms with E-state index in [2.05, 4.69) is 22.0 Å². The number of nitrogens with zero attached hydrogens (tertiary/aromatic N) is 1. The van der Waals surface area contributed by atoms with Gasteiger partial charge in [0.15, 0.2) is 0 Å². The number of nitriles is 1. The van der Waals surface area contributed by atoms with Crippen LogP contribution in [-0.2, 0) is 13.0 Å². The predicted octanol–water partition coefficient (Wildman–Crippen LogP) is 2.40. The second-order valence-electron chi connectivity index (χ2n) is 2.73. The van der Waals surface area contributed by atoms with E-state index in [0.29, 0.717) is 12.8 Å². The fourth-order valence-electron chi connectivity index (χ4n) is 1.18. The van der Waals surface area contributed by atoms with Crippen LogP contribution in [0.15, 0.2) is 22.7 Å². The van der Waals surface area contributed by atoms with E-state index in [1.807, 2.05) is 18.2 Å². The zero-order valence-corrected chi connectivity index (χ0v) is 8.71. The normalized spacial score (nSPS) is 9.62. The summed E-state index contributed by atoms with van der Waals surface area (Å²) in [7, 11) is 0. The van der Waals surface area contributed by atoms with Gasteiger partial charge in [-0.05, 0) is 29.7 Å². The van der Waals surface area contributed by atoms with E-state index in [1.54, 1.807) is 0 Å². The average molecular weight is 240 g/mol. The molecule has 3 heteroatoms. The molecule has 0 bridgehead atoms. The van der Waals surface area contributed by atoms with E-state index in [9.17, 15) is 0 Å². The summed E-state index contributed by atoms with van der Waals surface area (Å²) in [6.45, 7) is 0.0280. The predicted molar refractivity (Wildman–Crippen MR) is 54.0 cm³/mol. The Labute approximate surface area is 85.9 Å². The van der Waals surface area contributed by atoms with Crippen molar-refractivity contribution in [3.8, 4) is 6.07 Å². The first-order valence-electron chi connectivity index (χ1n) is 4.03. The van der Waals surface area contributed by atoms with E-state index >= 15 is 0 Å². The topological polar surface area (TPSA) is 44.0 Å². The van der Waals surface area contributed by atoms with Gasteiger partial charge < -0.3 is 5.11 Å². The molecule has 0 heterocycles. The van der Waals surface area contributed by atoms with Crippen molar-refractivity contribution in [1.82, 2.24) is 0 Å². The lowest BCUT2D eigenvalue weighted by Crippen LogP contribution is -1.93. The molecule has 0 spiro atoms. The molecule has 0 aromatic heterocycles. The second-order valence-corrected chi connectivity index (χ2v) is 3.64. The summed E-state index contributed by atoms with van der Waals surface area (Å²) >= 11 is 3.33. The van der Waals surface area contributed by atoms with Crippen molar-refractivity contribution >= 4 is 15.9 Å². The molecule has 0 aliphatic carbocycles. The second kappa shape index (κ2) is 5.00. The number of hydrogen-bond acceptors (Lipinski definition) is 2. The maximum atomic E-state index is 9.04.